The lowest BCUT2D eigenvalue weighted by atomic mass is 10.1. The molecule has 2 fully saturated rings. The Morgan fingerprint density at radius 3 is 3.00 bits per heavy atom. The molecule has 0 aliphatic carbocycles. The van der Waals surface area contributed by atoms with E-state index in [0.717, 1.165) is 32.5 Å². The van der Waals surface area contributed by atoms with Gasteiger partial charge < -0.3 is 15.0 Å². The van der Waals surface area contributed by atoms with E-state index in [1.807, 2.05) is 4.90 Å². The van der Waals surface area contributed by atoms with Crippen molar-refractivity contribution in [3.05, 3.63) is 0 Å². The lowest BCUT2D eigenvalue weighted by molar-refractivity contribution is -0.137. The normalized spacial score (nSPS) is 35.4. The van der Waals surface area contributed by atoms with E-state index in [9.17, 15) is 4.79 Å². The second kappa shape index (κ2) is 5.15. The van der Waals surface area contributed by atoms with Gasteiger partial charge in [-0.3, -0.25) is 4.79 Å². The van der Waals surface area contributed by atoms with Crippen LogP contribution in [0, 0.1) is 0 Å². The predicted octanol–water partition coefficient (Wildman–Crippen LogP) is 0.764. The van der Waals surface area contributed by atoms with Crippen LogP contribution in [-0.2, 0) is 9.53 Å². The van der Waals surface area contributed by atoms with Gasteiger partial charge in [-0.2, -0.15) is 0 Å². The third kappa shape index (κ3) is 2.55. The van der Waals surface area contributed by atoms with Gasteiger partial charge in [0.15, 0.2) is 0 Å². The first-order chi connectivity index (χ1) is 7.68. The molecule has 0 bridgehead atoms. The summed E-state index contributed by atoms with van der Waals surface area (Å²) < 4.78 is 5.51. The van der Waals surface area contributed by atoms with Gasteiger partial charge in [0.1, 0.15) is 0 Å². The maximum Gasteiger partial charge on any atom is 0.225 e. The van der Waals surface area contributed by atoms with Gasteiger partial charge >= 0.3 is 0 Å². The van der Waals surface area contributed by atoms with Crippen LogP contribution in [0.15, 0.2) is 0 Å². The minimum Gasteiger partial charge on any atom is -0.378 e. The molecule has 2 aliphatic heterocycles. The van der Waals surface area contributed by atoms with Crippen LogP contribution in [0.1, 0.15) is 33.1 Å². The van der Waals surface area contributed by atoms with Crippen LogP contribution in [0.3, 0.4) is 0 Å². The number of rotatable bonds is 2. The molecule has 2 saturated heterocycles. The van der Waals surface area contributed by atoms with E-state index in [-0.39, 0.29) is 12.0 Å². The third-order valence-corrected chi connectivity index (χ3v) is 3.78. The summed E-state index contributed by atoms with van der Waals surface area (Å²) in [5.41, 5.74) is 0. The first-order valence-corrected chi connectivity index (χ1v) is 6.33. The molecular formula is C12H22N2O2. The number of nitrogens with one attached hydrogen (secondary N) is 1. The monoisotopic (exact) mass is 226 g/mol. The van der Waals surface area contributed by atoms with Gasteiger partial charge in [0.25, 0.3) is 0 Å². The van der Waals surface area contributed by atoms with Gasteiger partial charge in [-0.15, -0.1) is 0 Å². The van der Waals surface area contributed by atoms with Gasteiger partial charge in [-0.1, -0.05) is 0 Å². The molecule has 2 heterocycles. The van der Waals surface area contributed by atoms with E-state index in [1.54, 1.807) is 0 Å². The van der Waals surface area contributed by atoms with Crippen molar-refractivity contribution >= 4 is 5.91 Å². The number of carbonyl (C=O) groups excluding carboxylic acids is 1. The van der Waals surface area contributed by atoms with Crippen molar-refractivity contribution in [1.82, 2.24) is 10.2 Å². The minimum atomic E-state index is 0.171. The standard InChI is InChI=1S/C12H22N2O2/c1-9-10(2)14(6-5-13-9)12(15)8-11-4-3-7-16-11/h9-11,13H,3-8H2,1-2H3. The number of hydrogen-bond acceptors (Lipinski definition) is 3. The summed E-state index contributed by atoms with van der Waals surface area (Å²) in [4.78, 5) is 14.1. The van der Waals surface area contributed by atoms with Crippen LogP contribution in [0.4, 0.5) is 0 Å². The quantitative estimate of drug-likeness (QED) is 0.756. The third-order valence-electron chi connectivity index (χ3n) is 3.78. The number of nitrogens with zero attached hydrogens (tertiary/aromatic N) is 1. The predicted molar refractivity (Wildman–Crippen MR) is 62.2 cm³/mol. The van der Waals surface area contributed by atoms with E-state index in [4.69, 9.17) is 4.74 Å². The Kier molecular flexibility index (Phi) is 3.82. The second-order valence-electron chi connectivity index (χ2n) is 4.91. The van der Waals surface area contributed by atoms with Crippen LogP contribution < -0.4 is 5.32 Å². The Morgan fingerprint density at radius 2 is 2.31 bits per heavy atom. The highest BCUT2D eigenvalue weighted by atomic mass is 16.5. The van der Waals surface area contributed by atoms with Gasteiger partial charge in [0.05, 0.1) is 12.5 Å². The topological polar surface area (TPSA) is 41.6 Å². The second-order valence-corrected chi connectivity index (χ2v) is 4.91. The van der Waals surface area contributed by atoms with Crippen molar-refractivity contribution in [2.24, 2.45) is 0 Å². The summed E-state index contributed by atoms with van der Waals surface area (Å²) in [5.74, 6) is 0.257. The van der Waals surface area contributed by atoms with Crippen LogP contribution in [0.2, 0.25) is 0 Å². The van der Waals surface area contributed by atoms with Gasteiger partial charge in [0.2, 0.25) is 5.91 Å². The Hall–Kier alpha value is -0.610. The SMILES string of the molecule is CC1NCCN(C(=O)CC2CCCO2)C1C. The molecule has 1 amide bonds. The average Bonchev–Trinajstić information content (AvgIpc) is 2.74. The van der Waals surface area contributed by atoms with Crippen molar-refractivity contribution in [2.45, 2.75) is 51.3 Å². The van der Waals surface area contributed by atoms with Crippen LogP contribution >= 0.6 is 0 Å². The van der Waals surface area contributed by atoms with E-state index in [1.165, 1.54) is 0 Å². The molecule has 2 aliphatic rings. The molecule has 4 nitrogen and oxygen atoms in total. The van der Waals surface area contributed by atoms with E-state index in [2.05, 4.69) is 19.2 Å². The smallest absolute Gasteiger partial charge is 0.225 e. The van der Waals surface area contributed by atoms with Crippen molar-refractivity contribution < 1.29 is 9.53 Å². The molecule has 0 saturated carbocycles. The fraction of sp³-hybridized carbons (Fsp3) is 0.917. The molecule has 1 N–H and O–H groups in total. The molecule has 3 atom stereocenters. The number of piperazine rings is 1. The first kappa shape index (κ1) is 11.9. The highest BCUT2D eigenvalue weighted by Gasteiger charge is 2.30. The molecule has 0 aromatic heterocycles. The highest BCUT2D eigenvalue weighted by Crippen LogP contribution is 2.18. The van der Waals surface area contributed by atoms with Crippen molar-refractivity contribution in [3.8, 4) is 0 Å². The Balaban J connectivity index is 1.87. The molecule has 4 heteroatoms. The summed E-state index contributed by atoms with van der Waals surface area (Å²) in [6.07, 6.45) is 2.88. The zero-order valence-electron chi connectivity index (χ0n) is 10.2. The van der Waals surface area contributed by atoms with E-state index in [0.29, 0.717) is 18.5 Å². The van der Waals surface area contributed by atoms with Crippen molar-refractivity contribution in [2.75, 3.05) is 19.7 Å². The summed E-state index contributed by atoms with van der Waals surface area (Å²) in [6.45, 7) is 6.81. The van der Waals surface area contributed by atoms with Crippen LogP contribution in [0.25, 0.3) is 0 Å². The zero-order chi connectivity index (χ0) is 11.5. The number of carbonyl (C=O) groups is 1. The maximum atomic E-state index is 12.1. The zero-order valence-corrected chi connectivity index (χ0v) is 10.2. The fourth-order valence-electron chi connectivity index (χ4n) is 2.53. The fourth-order valence-corrected chi connectivity index (χ4v) is 2.53. The minimum absolute atomic E-state index is 0.171. The summed E-state index contributed by atoms with van der Waals surface area (Å²) in [5, 5.41) is 3.39. The molecule has 2 rings (SSSR count). The van der Waals surface area contributed by atoms with Crippen LogP contribution in [-0.4, -0.2) is 48.7 Å². The van der Waals surface area contributed by atoms with Crippen molar-refractivity contribution in [1.29, 1.82) is 0 Å². The molecular weight excluding hydrogens is 204 g/mol. The molecule has 0 radical (unpaired) electrons. The number of ether oxygens (including phenoxy) is 1. The van der Waals surface area contributed by atoms with Gasteiger partial charge in [0, 0.05) is 31.8 Å². The molecule has 0 spiro atoms. The Labute approximate surface area is 97.3 Å². The Bertz CT molecular complexity index is 251. The van der Waals surface area contributed by atoms with Gasteiger partial charge in [-0.05, 0) is 26.7 Å². The van der Waals surface area contributed by atoms with Crippen molar-refractivity contribution in [3.63, 3.8) is 0 Å². The Morgan fingerprint density at radius 1 is 1.50 bits per heavy atom. The van der Waals surface area contributed by atoms with E-state index < -0.39 is 0 Å². The first-order valence-electron chi connectivity index (χ1n) is 6.33. The highest BCUT2D eigenvalue weighted by molar-refractivity contribution is 5.77. The number of amides is 1. The van der Waals surface area contributed by atoms with Crippen LogP contribution in [0.5, 0.6) is 0 Å². The molecule has 0 aromatic carbocycles. The lowest BCUT2D eigenvalue weighted by Gasteiger charge is -2.39. The molecule has 0 aromatic rings. The lowest BCUT2D eigenvalue weighted by Crippen LogP contribution is -2.57. The summed E-state index contributed by atoms with van der Waals surface area (Å²) >= 11 is 0. The molecule has 92 valence electrons. The summed E-state index contributed by atoms with van der Waals surface area (Å²) in [7, 11) is 0. The largest absolute Gasteiger partial charge is 0.378 e. The maximum absolute atomic E-state index is 12.1. The summed E-state index contributed by atoms with van der Waals surface area (Å²) in [6, 6.07) is 0.685. The van der Waals surface area contributed by atoms with E-state index >= 15 is 0 Å². The number of hydrogen-bond donors (Lipinski definition) is 1. The molecule has 16 heavy (non-hydrogen) atoms. The van der Waals surface area contributed by atoms with Gasteiger partial charge in [-0.25, -0.2) is 0 Å². The molecule has 3 unspecified atom stereocenters. The average molecular weight is 226 g/mol.